The number of halogens is 3. The second-order valence-corrected chi connectivity index (χ2v) is 3.72. The van der Waals surface area contributed by atoms with Crippen LogP contribution in [0.15, 0.2) is 0 Å². The van der Waals surface area contributed by atoms with E-state index in [9.17, 15) is 22.5 Å². The summed E-state index contributed by atoms with van der Waals surface area (Å²) in [5, 5.41) is 7.76. The van der Waals surface area contributed by atoms with Gasteiger partial charge >= 0.3 is 25.6 Å². The van der Waals surface area contributed by atoms with Crippen molar-refractivity contribution in [1.82, 2.24) is 0 Å². The standard InChI is InChI=1S/C2H2F3NO.C2H5O5P/c3-2(4,5)1(6)7;3-2(4)1-8(5,6)7/h(H2,6,7);1H2,(H,3,4)(H2,5,6,7). The first-order valence-electron chi connectivity index (χ1n) is 2.99. The quantitative estimate of drug-likeness (QED) is 0.479. The van der Waals surface area contributed by atoms with Gasteiger partial charge in [-0.3, -0.25) is 14.2 Å². The van der Waals surface area contributed by atoms with E-state index in [4.69, 9.17) is 19.7 Å². The molecule has 0 atom stereocenters. The van der Waals surface area contributed by atoms with Gasteiger partial charge in [0.05, 0.1) is 0 Å². The predicted molar refractivity (Wildman–Crippen MR) is 39.8 cm³/mol. The molecule has 0 aliphatic rings. The zero-order valence-corrected chi connectivity index (χ0v) is 7.83. The molecule has 0 rings (SSSR count). The summed E-state index contributed by atoms with van der Waals surface area (Å²) in [6.45, 7) is 0. The third-order valence-corrected chi connectivity index (χ3v) is 1.30. The molecule has 5 N–H and O–H groups in total. The van der Waals surface area contributed by atoms with Crippen molar-refractivity contribution in [3.63, 3.8) is 0 Å². The maximum absolute atomic E-state index is 10.7. The number of alkyl halides is 3. The third kappa shape index (κ3) is 15.6. The van der Waals surface area contributed by atoms with Crippen molar-refractivity contribution in [2.45, 2.75) is 6.18 Å². The molecule has 0 spiro atoms. The molecule has 90 valence electrons. The highest BCUT2D eigenvalue weighted by atomic mass is 31.2. The first-order chi connectivity index (χ1) is 6.36. The molecule has 0 saturated carbocycles. The van der Waals surface area contributed by atoms with Crippen molar-refractivity contribution in [3.05, 3.63) is 0 Å². The van der Waals surface area contributed by atoms with Gasteiger partial charge in [-0.1, -0.05) is 0 Å². The molecule has 0 bridgehead atoms. The molecule has 11 heteroatoms. The minimum Gasteiger partial charge on any atom is -0.481 e. The number of rotatable bonds is 2. The van der Waals surface area contributed by atoms with Crippen LogP contribution < -0.4 is 5.73 Å². The SMILES string of the molecule is NC(=O)C(F)(F)F.O=C(O)CP(=O)(O)O. The predicted octanol–water partition coefficient (Wildman–Crippen LogP) is -0.717. The van der Waals surface area contributed by atoms with E-state index in [1.165, 1.54) is 0 Å². The third-order valence-electron chi connectivity index (χ3n) is 0.621. The average molecular weight is 253 g/mol. The second-order valence-electron chi connectivity index (χ2n) is 2.08. The Morgan fingerprint density at radius 3 is 1.53 bits per heavy atom. The summed E-state index contributed by atoms with van der Waals surface area (Å²) >= 11 is 0. The minimum atomic E-state index is -4.86. The Morgan fingerprint density at radius 2 is 1.53 bits per heavy atom. The molecule has 0 aromatic heterocycles. The van der Waals surface area contributed by atoms with Crippen LogP contribution in [0.1, 0.15) is 0 Å². The van der Waals surface area contributed by atoms with Gasteiger partial charge in [0, 0.05) is 0 Å². The van der Waals surface area contributed by atoms with Crippen LogP contribution >= 0.6 is 7.60 Å². The number of carboxylic acids is 1. The van der Waals surface area contributed by atoms with Gasteiger partial charge in [-0.25, -0.2) is 0 Å². The van der Waals surface area contributed by atoms with Gasteiger partial charge in [-0.05, 0) is 0 Å². The molecular weight excluding hydrogens is 246 g/mol. The van der Waals surface area contributed by atoms with E-state index in [0.717, 1.165) is 0 Å². The smallest absolute Gasteiger partial charge is 0.470 e. The lowest BCUT2D eigenvalue weighted by Gasteiger charge is -1.95. The molecule has 0 aromatic rings. The van der Waals surface area contributed by atoms with Crippen LogP contribution in [0.4, 0.5) is 13.2 Å². The van der Waals surface area contributed by atoms with E-state index in [2.05, 4.69) is 5.73 Å². The van der Waals surface area contributed by atoms with Gasteiger partial charge in [0.1, 0.15) is 6.16 Å². The van der Waals surface area contributed by atoms with E-state index in [1.807, 2.05) is 0 Å². The normalized spacial score (nSPS) is 11.3. The second kappa shape index (κ2) is 5.69. The number of primary amides is 1. The van der Waals surface area contributed by atoms with Gasteiger partial charge in [0.15, 0.2) is 0 Å². The van der Waals surface area contributed by atoms with Crippen LogP contribution in [0.3, 0.4) is 0 Å². The maximum atomic E-state index is 10.7. The number of aliphatic carboxylic acids is 1. The summed E-state index contributed by atoms with van der Waals surface area (Å²) in [6.07, 6.45) is -5.95. The highest BCUT2D eigenvalue weighted by Gasteiger charge is 2.35. The molecule has 7 nitrogen and oxygen atoms in total. The summed E-state index contributed by atoms with van der Waals surface area (Å²) in [5.74, 6) is -3.74. The lowest BCUT2D eigenvalue weighted by molar-refractivity contribution is -0.169. The van der Waals surface area contributed by atoms with Gasteiger partial charge < -0.3 is 20.6 Å². The van der Waals surface area contributed by atoms with Gasteiger partial charge in [0.2, 0.25) is 0 Å². The van der Waals surface area contributed by atoms with Gasteiger partial charge in [-0.15, -0.1) is 0 Å². The molecule has 0 fully saturated rings. The molecule has 0 saturated heterocycles. The minimum absolute atomic E-state index is 1.09. The molecule has 0 aliphatic carbocycles. The van der Waals surface area contributed by atoms with E-state index < -0.39 is 31.8 Å². The van der Waals surface area contributed by atoms with E-state index >= 15 is 0 Å². The number of hydrogen-bond donors (Lipinski definition) is 4. The Balaban J connectivity index is 0. The Morgan fingerprint density at radius 1 is 1.27 bits per heavy atom. The molecule has 1 amide bonds. The topological polar surface area (TPSA) is 138 Å². The van der Waals surface area contributed by atoms with Gasteiger partial charge in [-0.2, -0.15) is 13.2 Å². The number of hydrogen-bond acceptors (Lipinski definition) is 3. The fourth-order valence-electron chi connectivity index (χ4n) is 0.176. The Labute approximate surface area is 80.8 Å². The number of amides is 1. The van der Waals surface area contributed by atoms with Crippen molar-refractivity contribution in [2.75, 3.05) is 6.16 Å². The van der Waals surface area contributed by atoms with Crippen molar-refractivity contribution in [3.8, 4) is 0 Å². The molecule has 0 aliphatic heterocycles. The lowest BCUT2D eigenvalue weighted by atomic mass is 10.6. The first kappa shape index (κ1) is 16.3. The zero-order valence-electron chi connectivity index (χ0n) is 6.93. The molecular formula is C4H7F3NO6P. The summed E-state index contributed by atoms with van der Waals surface area (Å²) in [5.41, 5.74) is 3.81. The van der Waals surface area contributed by atoms with Crippen molar-refractivity contribution >= 4 is 19.5 Å². The first-order valence-corrected chi connectivity index (χ1v) is 4.79. The van der Waals surface area contributed by atoms with Crippen molar-refractivity contribution in [1.29, 1.82) is 0 Å². The fraction of sp³-hybridized carbons (Fsp3) is 0.500. The van der Waals surface area contributed by atoms with Crippen LogP contribution in [-0.2, 0) is 14.2 Å². The van der Waals surface area contributed by atoms with E-state index in [1.54, 1.807) is 0 Å². The Bertz CT molecular complexity index is 283. The highest BCUT2D eigenvalue weighted by molar-refractivity contribution is 7.52. The van der Waals surface area contributed by atoms with Crippen LogP contribution in [0, 0.1) is 0 Å². The van der Waals surface area contributed by atoms with E-state index in [0.29, 0.717) is 0 Å². The average Bonchev–Trinajstić information content (AvgIpc) is 1.78. The summed E-state index contributed by atoms with van der Waals surface area (Å²) < 4.78 is 41.9. The number of nitrogens with two attached hydrogens (primary N) is 1. The van der Waals surface area contributed by atoms with Crippen LogP contribution in [0.5, 0.6) is 0 Å². The monoisotopic (exact) mass is 253 g/mol. The summed E-state index contributed by atoms with van der Waals surface area (Å²) in [4.78, 5) is 34.5. The maximum Gasteiger partial charge on any atom is 0.470 e. The zero-order chi connectivity index (χ0) is 12.9. The van der Waals surface area contributed by atoms with Crippen LogP contribution in [-0.4, -0.2) is 39.1 Å². The molecule has 0 unspecified atom stereocenters. The number of carbonyl (C=O) groups excluding carboxylic acids is 1. The lowest BCUT2D eigenvalue weighted by Crippen LogP contribution is -2.30. The molecule has 0 aromatic carbocycles. The molecule has 0 radical (unpaired) electrons. The van der Waals surface area contributed by atoms with Crippen LogP contribution in [0.25, 0.3) is 0 Å². The summed E-state index contributed by atoms with van der Waals surface area (Å²) in [6, 6.07) is 0. The number of carboxylic acid groups (broad SMARTS) is 1. The van der Waals surface area contributed by atoms with Crippen molar-refractivity contribution < 1.29 is 42.2 Å². The van der Waals surface area contributed by atoms with E-state index in [-0.39, 0.29) is 0 Å². The molecule has 0 heterocycles. The Kier molecular flexibility index (Phi) is 6.18. The fourth-order valence-corrected chi connectivity index (χ4v) is 0.529. The molecule has 15 heavy (non-hydrogen) atoms. The highest BCUT2D eigenvalue weighted by Crippen LogP contribution is 2.33. The van der Waals surface area contributed by atoms with Gasteiger partial charge in [0.25, 0.3) is 0 Å². The van der Waals surface area contributed by atoms with Crippen molar-refractivity contribution in [2.24, 2.45) is 5.73 Å². The largest absolute Gasteiger partial charge is 0.481 e. The number of carbonyl (C=O) groups is 2. The Hall–Kier alpha value is -1.12. The summed E-state index contributed by atoms with van der Waals surface area (Å²) in [7, 11) is -4.32. The van der Waals surface area contributed by atoms with Crippen LogP contribution in [0.2, 0.25) is 0 Å².